The fourth-order valence-corrected chi connectivity index (χ4v) is 4.34. The first-order valence-electron chi connectivity index (χ1n) is 15.6. The van der Waals surface area contributed by atoms with Crippen molar-refractivity contribution in [3.05, 3.63) is 75.3 Å². The summed E-state index contributed by atoms with van der Waals surface area (Å²) in [6.07, 6.45) is -0.551. The average molecular weight is 724 g/mol. The van der Waals surface area contributed by atoms with Crippen molar-refractivity contribution in [1.82, 2.24) is 21.3 Å². The number of nitro benzene ring substituents is 1. The quantitative estimate of drug-likeness (QED) is 0.0937. The Bertz CT molecular complexity index is 1540. The van der Waals surface area contributed by atoms with Gasteiger partial charge in [-0.3, -0.25) is 29.3 Å². The van der Waals surface area contributed by atoms with Gasteiger partial charge in [0.15, 0.2) is 6.04 Å². The highest BCUT2D eigenvalue weighted by Crippen LogP contribution is 2.13. The number of halogens is 2. The summed E-state index contributed by atoms with van der Waals surface area (Å²) in [4.78, 5) is 81.4. The van der Waals surface area contributed by atoms with Crippen molar-refractivity contribution in [3.8, 4) is 0 Å². The topological polar surface area (TPSA) is 232 Å². The molecule has 5 atom stereocenters. The minimum atomic E-state index is -1.26. The summed E-state index contributed by atoms with van der Waals surface area (Å²) in [7, 11) is 2.34. The number of rotatable bonds is 16. The lowest BCUT2D eigenvalue weighted by Crippen LogP contribution is -2.54. The van der Waals surface area contributed by atoms with E-state index in [2.05, 4.69) is 30.7 Å². The maximum absolute atomic E-state index is 13.1. The molecule has 18 heteroatoms. The van der Waals surface area contributed by atoms with Crippen LogP contribution in [-0.2, 0) is 51.1 Å². The number of ether oxygens (including phenoxy) is 2. The zero-order valence-corrected chi connectivity index (χ0v) is 29.0. The summed E-state index contributed by atoms with van der Waals surface area (Å²) in [6.45, 7) is 6.01. The van der Waals surface area contributed by atoms with Gasteiger partial charge in [-0.2, -0.15) is 0 Å². The largest absolute Gasteiger partial charge is 0.467 e. The molecule has 0 bridgehead atoms. The van der Waals surface area contributed by atoms with Crippen molar-refractivity contribution < 1.29 is 57.1 Å². The number of aliphatic hydroxyl groups is 1. The average Bonchev–Trinajstić information content (AvgIpc) is 3.05. The second kappa shape index (κ2) is 21.5. The fraction of sp³-hybridized carbons (Fsp3) is 0.455. The Morgan fingerprint density at radius 1 is 0.784 bits per heavy atom. The minimum absolute atomic E-state index is 0.140. The van der Waals surface area contributed by atoms with Gasteiger partial charge in [0.05, 0.1) is 38.1 Å². The summed E-state index contributed by atoms with van der Waals surface area (Å²) in [5.41, 5.74) is 0.431. The first kappa shape index (κ1) is 43.5. The number of nitrogens with zero attached hydrogens (tertiary/aromatic N) is 1. The van der Waals surface area contributed by atoms with Gasteiger partial charge in [0.25, 0.3) is 5.69 Å². The number of hydrogen-bond acceptors (Lipinski definition) is 11. The van der Waals surface area contributed by atoms with Gasteiger partial charge in [-0.15, -0.1) is 0 Å². The first-order chi connectivity index (χ1) is 23.9. The molecule has 0 fully saturated rings. The molecule has 0 heterocycles. The van der Waals surface area contributed by atoms with Crippen molar-refractivity contribution >= 4 is 41.3 Å². The number of nitrogens with one attached hydrogen (secondary N) is 4. The van der Waals surface area contributed by atoms with E-state index in [9.17, 15) is 52.8 Å². The Balaban J connectivity index is 0.000000510. The number of esters is 2. The smallest absolute Gasteiger partial charge is 0.331 e. The molecule has 0 saturated carbocycles. The maximum Gasteiger partial charge on any atom is 0.331 e. The second-order valence-electron chi connectivity index (χ2n) is 11.3. The van der Waals surface area contributed by atoms with Gasteiger partial charge in [-0.1, -0.05) is 25.5 Å². The predicted molar refractivity (Wildman–Crippen MR) is 177 cm³/mol. The molecule has 2 aromatic carbocycles. The Labute approximate surface area is 292 Å². The number of non-ortho nitro benzene ring substituents is 1. The summed E-state index contributed by atoms with van der Waals surface area (Å²) < 4.78 is 35.3. The van der Waals surface area contributed by atoms with Crippen LogP contribution < -0.4 is 21.3 Å². The molecule has 0 saturated heterocycles. The molecule has 0 spiro atoms. The van der Waals surface area contributed by atoms with Gasteiger partial charge in [-0.05, 0) is 50.5 Å². The lowest BCUT2D eigenvalue weighted by atomic mass is 10.1. The zero-order valence-electron chi connectivity index (χ0n) is 29.0. The molecule has 0 aliphatic carbocycles. The van der Waals surface area contributed by atoms with Crippen LogP contribution in [0.3, 0.4) is 0 Å². The Morgan fingerprint density at radius 3 is 1.76 bits per heavy atom. The van der Waals surface area contributed by atoms with Crippen LogP contribution in [0, 0.1) is 21.7 Å². The van der Waals surface area contributed by atoms with Crippen LogP contribution in [0.2, 0.25) is 0 Å². The van der Waals surface area contributed by atoms with Crippen LogP contribution in [0.5, 0.6) is 0 Å². The lowest BCUT2D eigenvalue weighted by Gasteiger charge is -2.21. The molecule has 2 rings (SSSR count). The monoisotopic (exact) mass is 723 g/mol. The lowest BCUT2D eigenvalue weighted by molar-refractivity contribution is -0.384. The maximum atomic E-state index is 13.1. The van der Waals surface area contributed by atoms with E-state index in [1.165, 1.54) is 46.1 Å². The number of nitro groups is 1. The Kier molecular flexibility index (Phi) is 18.4. The van der Waals surface area contributed by atoms with E-state index < -0.39 is 82.4 Å². The van der Waals surface area contributed by atoms with Crippen LogP contribution in [0.15, 0.2) is 42.5 Å². The van der Waals surface area contributed by atoms with Crippen LogP contribution in [0.25, 0.3) is 0 Å². The van der Waals surface area contributed by atoms with Crippen LogP contribution in [0.4, 0.5) is 14.5 Å². The van der Waals surface area contributed by atoms with Crippen LogP contribution in [-0.4, -0.2) is 90.1 Å². The number of carbonyl (C=O) groups excluding carboxylic acids is 6. The summed E-state index contributed by atoms with van der Waals surface area (Å²) in [5.74, 6) is -5.29. The highest BCUT2D eigenvalue weighted by molar-refractivity contribution is 5.92. The van der Waals surface area contributed by atoms with E-state index in [1.807, 2.05) is 6.92 Å². The van der Waals surface area contributed by atoms with Gasteiger partial charge in [0, 0.05) is 18.2 Å². The van der Waals surface area contributed by atoms with Gasteiger partial charge in [-0.25, -0.2) is 18.4 Å². The highest BCUT2D eigenvalue weighted by Gasteiger charge is 2.29. The van der Waals surface area contributed by atoms with Gasteiger partial charge < -0.3 is 35.8 Å². The number of hydrogen-bond donors (Lipinski definition) is 5. The number of carbonyl (C=O) groups is 6. The number of amides is 4. The van der Waals surface area contributed by atoms with E-state index in [-0.39, 0.29) is 24.1 Å². The molecule has 0 aliphatic rings. The molecule has 0 unspecified atom stereocenters. The first-order valence-corrected chi connectivity index (χ1v) is 15.6. The van der Waals surface area contributed by atoms with Crippen molar-refractivity contribution in [3.63, 3.8) is 0 Å². The molecule has 4 amide bonds. The fourth-order valence-electron chi connectivity index (χ4n) is 4.34. The van der Waals surface area contributed by atoms with E-state index in [0.29, 0.717) is 24.5 Å². The minimum Gasteiger partial charge on any atom is -0.467 e. The van der Waals surface area contributed by atoms with Crippen LogP contribution in [0.1, 0.15) is 51.7 Å². The van der Waals surface area contributed by atoms with Crippen molar-refractivity contribution in [1.29, 1.82) is 0 Å². The van der Waals surface area contributed by atoms with Crippen LogP contribution >= 0.6 is 0 Å². The molecule has 0 aliphatic heterocycles. The molecule has 5 N–H and O–H groups in total. The van der Waals surface area contributed by atoms with Gasteiger partial charge in [0.1, 0.15) is 29.8 Å². The summed E-state index contributed by atoms with van der Waals surface area (Å²) in [6, 6.07) is 4.41. The Morgan fingerprint density at radius 2 is 1.29 bits per heavy atom. The summed E-state index contributed by atoms with van der Waals surface area (Å²) >= 11 is 0. The zero-order chi connectivity index (χ0) is 38.8. The molecule has 0 radical (unpaired) electrons. The molecule has 0 aromatic heterocycles. The third-order valence-electron chi connectivity index (χ3n) is 6.93. The predicted octanol–water partition coefficient (Wildman–Crippen LogP) is 1.15. The third kappa shape index (κ3) is 15.7. The molecule has 2 aromatic rings. The summed E-state index contributed by atoms with van der Waals surface area (Å²) in [5, 5.41) is 29.9. The highest BCUT2D eigenvalue weighted by atomic mass is 19.1. The van der Waals surface area contributed by atoms with E-state index in [0.717, 1.165) is 19.2 Å². The third-order valence-corrected chi connectivity index (χ3v) is 6.93. The van der Waals surface area contributed by atoms with Gasteiger partial charge >= 0.3 is 11.9 Å². The van der Waals surface area contributed by atoms with E-state index in [1.54, 1.807) is 6.07 Å². The van der Waals surface area contributed by atoms with Crippen molar-refractivity contribution in [2.24, 2.45) is 0 Å². The van der Waals surface area contributed by atoms with Crippen molar-refractivity contribution in [2.75, 3.05) is 14.2 Å². The van der Waals surface area contributed by atoms with E-state index >= 15 is 0 Å². The van der Waals surface area contributed by atoms with Gasteiger partial charge in [0.2, 0.25) is 23.6 Å². The molecular weight excluding hydrogens is 680 g/mol. The SMILES string of the molecule is CCC[C@H](NC(=O)[C@H](C)NC(=O)Cc1cc(F)cc(F)c1)C(=O)OC.COC(=O)[C@@H](NC(=O)[C@H](C)NC(=O)Cc1cccc([N+](=O)[O-])c1)[C@@H](C)O. The molecule has 280 valence electrons. The second-order valence-corrected chi connectivity index (χ2v) is 11.3. The molecule has 51 heavy (non-hydrogen) atoms. The van der Waals surface area contributed by atoms with Crippen molar-refractivity contribution in [2.45, 2.75) is 83.6 Å². The standard InChI is InChI=1S/C17H22F2N2O4.C16H21N3O7/c1-4-5-14(17(24)25-3)21-16(23)10(2)20-15(22)8-11-6-12(18)9-13(19)7-11;1-9(15(22)18-14(10(2)20)16(23)26-3)17-13(21)8-11-5-4-6-12(7-11)19(24)25/h6-7,9-10,14H,4-5,8H2,1-3H3,(H,20,22)(H,21,23);4-7,9-10,14,20H,8H2,1-3H3,(H,17,21)(H,18,22)/t10-,14-;9-,10+,14-/m00/s1. The number of aliphatic hydroxyl groups excluding tert-OH is 1. The normalized spacial score (nSPS) is 13.4. The number of benzene rings is 2. The molecule has 16 nitrogen and oxygen atoms in total. The Hall–Kier alpha value is -5.52. The van der Waals surface area contributed by atoms with E-state index in [4.69, 9.17) is 0 Å². The number of methoxy groups -OCH3 is 2. The molecular formula is C33H43F2N5O11.